The molecule has 0 saturated carbocycles. The van der Waals surface area contributed by atoms with E-state index in [1.54, 1.807) is 13.1 Å². The van der Waals surface area contributed by atoms with Gasteiger partial charge in [-0.05, 0) is 24.7 Å². The molecular weight excluding hydrogens is 418 g/mol. The third kappa shape index (κ3) is 5.55. The lowest BCUT2D eigenvalue weighted by molar-refractivity contribution is 0.0596. The van der Waals surface area contributed by atoms with Gasteiger partial charge in [-0.1, -0.05) is 6.07 Å². The number of hydrogen-bond acceptors (Lipinski definition) is 10. The first-order chi connectivity index (χ1) is 14.2. The summed E-state index contributed by atoms with van der Waals surface area (Å²) in [6.45, 7) is 0.341. The van der Waals surface area contributed by atoms with Crippen molar-refractivity contribution in [3.05, 3.63) is 35.4 Å². The lowest BCUT2D eigenvalue weighted by Gasteiger charge is -2.13. The summed E-state index contributed by atoms with van der Waals surface area (Å²) < 4.78 is 41.9. The third-order valence-electron chi connectivity index (χ3n) is 3.67. The second-order valence-corrected chi connectivity index (χ2v) is 7.34. The Morgan fingerprint density at radius 2 is 1.67 bits per heavy atom. The Kier molecular flexibility index (Phi) is 7.49. The van der Waals surface area contributed by atoms with Crippen LogP contribution >= 0.6 is 0 Å². The van der Waals surface area contributed by atoms with Crippen LogP contribution in [0.25, 0.3) is 0 Å². The molecule has 0 radical (unpaired) electrons. The Bertz CT molecular complexity index is 1020. The van der Waals surface area contributed by atoms with Crippen LogP contribution in [0.5, 0.6) is 11.8 Å². The van der Waals surface area contributed by atoms with Crippen molar-refractivity contribution in [1.82, 2.24) is 20.0 Å². The zero-order chi connectivity index (χ0) is 22.3. The van der Waals surface area contributed by atoms with Crippen LogP contribution in [0, 0.1) is 0 Å². The van der Waals surface area contributed by atoms with E-state index in [0.29, 0.717) is 12.1 Å². The topological polar surface area (TPSA) is 158 Å². The minimum Gasteiger partial charge on any atom is -0.481 e. The van der Waals surface area contributed by atoms with Crippen molar-refractivity contribution in [1.29, 1.82) is 0 Å². The molecule has 2 rings (SSSR count). The fourth-order valence-electron chi connectivity index (χ4n) is 2.35. The second kappa shape index (κ2) is 9.84. The molecule has 1 aromatic carbocycles. The number of sulfonamides is 1. The lowest BCUT2D eigenvalue weighted by atomic mass is 10.1. The molecule has 12 nitrogen and oxygen atoms in total. The summed E-state index contributed by atoms with van der Waals surface area (Å²) >= 11 is 0. The highest BCUT2D eigenvalue weighted by molar-refractivity contribution is 7.90. The Hall–Kier alpha value is -3.45. The number of carbonyl (C=O) groups excluding carboxylic acids is 2. The number of hydrogen-bond donors (Lipinski definition) is 3. The van der Waals surface area contributed by atoms with Crippen molar-refractivity contribution in [3.8, 4) is 11.8 Å². The number of urea groups is 1. The standard InChI is InChI=1S/C17H21N5O7S/c1-18-9-10-5-6-11(15(23)29-4)12(7-10)30(25,26)22-17(24)21-16-19-13(27-2)8-14(20-16)28-3/h5-8,18H,9H2,1-4H3,(H2,19,20,21,22,24). The number of nitrogens with one attached hydrogen (secondary N) is 3. The molecule has 0 spiro atoms. The van der Waals surface area contributed by atoms with E-state index in [9.17, 15) is 18.0 Å². The summed E-state index contributed by atoms with van der Waals surface area (Å²) in [7, 11) is 1.05. The van der Waals surface area contributed by atoms with E-state index >= 15 is 0 Å². The molecular formula is C17H21N5O7S. The monoisotopic (exact) mass is 439 g/mol. The molecule has 0 fully saturated rings. The number of anilines is 1. The van der Waals surface area contributed by atoms with Gasteiger partial charge in [0.15, 0.2) is 0 Å². The highest BCUT2D eigenvalue weighted by Gasteiger charge is 2.26. The van der Waals surface area contributed by atoms with Crippen molar-refractivity contribution in [3.63, 3.8) is 0 Å². The van der Waals surface area contributed by atoms with Crippen LogP contribution in [0.4, 0.5) is 10.7 Å². The minimum absolute atomic E-state index is 0.0905. The number of benzene rings is 1. The maximum atomic E-state index is 12.8. The Morgan fingerprint density at radius 1 is 1.03 bits per heavy atom. The largest absolute Gasteiger partial charge is 0.481 e. The highest BCUT2D eigenvalue weighted by atomic mass is 32.2. The average Bonchev–Trinajstić information content (AvgIpc) is 2.72. The summed E-state index contributed by atoms with van der Waals surface area (Å²) in [6.07, 6.45) is 0. The molecule has 162 valence electrons. The van der Waals surface area contributed by atoms with Gasteiger partial charge < -0.3 is 19.5 Å². The number of amides is 2. The Balaban J connectivity index is 2.32. The number of rotatable bonds is 8. The molecule has 1 heterocycles. The van der Waals surface area contributed by atoms with Gasteiger partial charge in [-0.2, -0.15) is 9.97 Å². The summed E-state index contributed by atoms with van der Waals surface area (Å²) in [5, 5.41) is 5.05. The first-order valence-corrected chi connectivity index (χ1v) is 9.89. The molecule has 0 bridgehead atoms. The van der Waals surface area contributed by atoms with Crippen LogP contribution in [0.2, 0.25) is 0 Å². The fourth-order valence-corrected chi connectivity index (χ4v) is 3.51. The first kappa shape index (κ1) is 22.8. The van der Waals surface area contributed by atoms with Crippen molar-refractivity contribution >= 4 is 28.0 Å². The zero-order valence-electron chi connectivity index (χ0n) is 16.7. The molecule has 1 aromatic heterocycles. The Morgan fingerprint density at radius 3 is 2.20 bits per heavy atom. The summed E-state index contributed by atoms with van der Waals surface area (Å²) in [6, 6.07) is 4.36. The van der Waals surface area contributed by atoms with Crippen molar-refractivity contribution < 1.29 is 32.2 Å². The van der Waals surface area contributed by atoms with Crippen LogP contribution in [0.1, 0.15) is 15.9 Å². The number of ether oxygens (including phenoxy) is 3. The number of esters is 1. The smallest absolute Gasteiger partial charge is 0.339 e. The second-order valence-electron chi connectivity index (χ2n) is 5.69. The summed E-state index contributed by atoms with van der Waals surface area (Å²) in [5.41, 5.74) is 0.351. The van der Waals surface area contributed by atoms with Gasteiger partial charge in [0.1, 0.15) is 4.90 Å². The molecule has 0 aliphatic carbocycles. The van der Waals surface area contributed by atoms with Crippen molar-refractivity contribution in [2.75, 3.05) is 33.7 Å². The number of nitrogens with zero attached hydrogens (tertiary/aromatic N) is 2. The van der Waals surface area contributed by atoms with Crippen LogP contribution < -0.4 is 24.8 Å². The SMILES string of the molecule is CNCc1ccc(C(=O)OC)c(S(=O)(=O)NC(=O)Nc2nc(OC)cc(OC)n2)c1. The van der Waals surface area contributed by atoms with Gasteiger partial charge in [0, 0.05) is 6.54 Å². The minimum atomic E-state index is -4.45. The average molecular weight is 439 g/mol. The van der Waals surface area contributed by atoms with Crippen LogP contribution in [0.15, 0.2) is 29.2 Å². The molecule has 0 saturated heterocycles. The molecule has 2 aromatic rings. The van der Waals surface area contributed by atoms with E-state index < -0.39 is 26.9 Å². The Labute approximate surface area is 173 Å². The quantitative estimate of drug-likeness (QED) is 0.495. The van der Waals surface area contributed by atoms with Crippen molar-refractivity contribution in [2.24, 2.45) is 0 Å². The van der Waals surface area contributed by atoms with E-state index in [-0.39, 0.29) is 23.3 Å². The predicted octanol–water partition coefficient (Wildman–Crippen LogP) is 0.510. The van der Waals surface area contributed by atoms with E-state index in [4.69, 9.17) is 9.47 Å². The third-order valence-corrected chi connectivity index (χ3v) is 5.04. The van der Waals surface area contributed by atoms with Gasteiger partial charge in [0.25, 0.3) is 10.0 Å². The molecule has 3 N–H and O–H groups in total. The van der Waals surface area contributed by atoms with Crippen LogP contribution in [0.3, 0.4) is 0 Å². The number of methoxy groups -OCH3 is 3. The van der Waals surface area contributed by atoms with Crippen LogP contribution in [-0.4, -0.2) is 58.8 Å². The maximum Gasteiger partial charge on any atom is 0.339 e. The zero-order valence-corrected chi connectivity index (χ0v) is 17.5. The maximum absolute atomic E-state index is 12.8. The summed E-state index contributed by atoms with van der Waals surface area (Å²) in [4.78, 5) is 31.6. The molecule has 0 aliphatic rings. The van der Waals surface area contributed by atoms with Crippen LogP contribution in [-0.2, 0) is 21.3 Å². The van der Waals surface area contributed by atoms with E-state index in [2.05, 4.69) is 25.3 Å². The fraction of sp³-hybridized carbons (Fsp3) is 0.294. The summed E-state index contributed by atoms with van der Waals surface area (Å²) in [5.74, 6) is -0.941. The molecule has 0 atom stereocenters. The normalized spacial score (nSPS) is 10.8. The molecule has 0 unspecified atom stereocenters. The first-order valence-electron chi connectivity index (χ1n) is 8.40. The van der Waals surface area contributed by atoms with Gasteiger partial charge >= 0.3 is 12.0 Å². The van der Waals surface area contributed by atoms with Gasteiger partial charge in [-0.15, -0.1) is 0 Å². The molecule has 2 amide bonds. The highest BCUT2D eigenvalue weighted by Crippen LogP contribution is 2.20. The molecule has 0 aliphatic heterocycles. The van der Waals surface area contributed by atoms with Gasteiger partial charge in [0.05, 0.1) is 33.0 Å². The number of aromatic nitrogens is 2. The predicted molar refractivity (Wildman–Crippen MR) is 105 cm³/mol. The lowest BCUT2D eigenvalue weighted by Crippen LogP contribution is -2.35. The molecule has 13 heteroatoms. The molecule has 30 heavy (non-hydrogen) atoms. The number of carbonyl (C=O) groups is 2. The van der Waals surface area contributed by atoms with Gasteiger partial charge in [-0.3, -0.25) is 5.32 Å². The van der Waals surface area contributed by atoms with E-state index in [0.717, 1.165) is 7.11 Å². The van der Waals surface area contributed by atoms with Gasteiger partial charge in [-0.25, -0.2) is 22.7 Å². The van der Waals surface area contributed by atoms with E-state index in [1.807, 2.05) is 4.72 Å². The van der Waals surface area contributed by atoms with Gasteiger partial charge in [0.2, 0.25) is 17.7 Å². The van der Waals surface area contributed by atoms with Crippen molar-refractivity contribution in [2.45, 2.75) is 11.4 Å². The van der Waals surface area contributed by atoms with E-state index in [1.165, 1.54) is 32.4 Å².